The monoisotopic (exact) mass is 327 g/mol. The van der Waals surface area contributed by atoms with Crippen LogP contribution in [0.4, 0.5) is 0 Å². The summed E-state index contributed by atoms with van der Waals surface area (Å²) >= 11 is 0. The second-order valence-electron chi connectivity index (χ2n) is 4.57. The summed E-state index contributed by atoms with van der Waals surface area (Å²) in [6.07, 6.45) is 1.73. The molecule has 2 N–H and O–H groups in total. The highest BCUT2D eigenvalue weighted by Gasteiger charge is 2.24. The first-order valence-electron chi connectivity index (χ1n) is 7.57. The molecular formula is C14H23N4O5+. The fourth-order valence-corrected chi connectivity index (χ4v) is 1.71. The number of unbranched alkanes of at least 4 members (excludes halogenated alkanes) is 1. The summed E-state index contributed by atoms with van der Waals surface area (Å²) in [5, 5.41) is 12.5. The molecule has 0 unspecified atom stereocenters. The Bertz CT molecular complexity index is 476. The number of rotatable bonds is 7. The van der Waals surface area contributed by atoms with Crippen molar-refractivity contribution in [3.05, 3.63) is 0 Å². The number of ether oxygens (including phenoxy) is 3. The molecule has 0 saturated carbocycles. The van der Waals surface area contributed by atoms with Crippen LogP contribution in [0.3, 0.4) is 0 Å². The number of nitrogens with two attached hydrogens (primary N) is 1. The number of nitriles is 1. The normalized spacial score (nSPS) is 14.8. The Hall–Kier alpha value is -2.18. The fourth-order valence-electron chi connectivity index (χ4n) is 1.71. The molecule has 0 aromatic heterocycles. The summed E-state index contributed by atoms with van der Waals surface area (Å²) in [6.45, 7) is 4.98. The summed E-state index contributed by atoms with van der Waals surface area (Å²) in [4.78, 5) is 16.7. The highest BCUT2D eigenvalue weighted by Crippen LogP contribution is 1.98. The molecule has 0 aromatic carbocycles. The number of nitrogens with zero attached hydrogens (tertiary/aromatic N) is 3. The third-order valence-electron chi connectivity index (χ3n) is 2.88. The molecule has 0 aliphatic carbocycles. The van der Waals surface area contributed by atoms with Gasteiger partial charge in [0.1, 0.15) is 19.3 Å². The van der Waals surface area contributed by atoms with Crippen LogP contribution in [0.2, 0.25) is 0 Å². The molecule has 128 valence electrons. The predicted molar refractivity (Wildman–Crippen MR) is 80.8 cm³/mol. The second kappa shape index (κ2) is 11.4. The number of hydrogen-bond donors (Lipinski definition) is 1. The van der Waals surface area contributed by atoms with Crippen LogP contribution in [0.15, 0.2) is 5.16 Å². The molecular weight excluding hydrogens is 304 g/mol. The Kier molecular flexibility index (Phi) is 9.35. The average molecular weight is 327 g/mol. The van der Waals surface area contributed by atoms with E-state index in [-0.39, 0.29) is 12.7 Å². The van der Waals surface area contributed by atoms with Crippen LogP contribution in [0, 0.1) is 11.3 Å². The van der Waals surface area contributed by atoms with Gasteiger partial charge in [-0.25, -0.2) is 4.79 Å². The first-order chi connectivity index (χ1) is 11.2. The first-order valence-corrected chi connectivity index (χ1v) is 7.57. The Labute approximate surface area is 135 Å². The summed E-state index contributed by atoms with van der Waals surface area (Å²) in [7, 11) is 0. The van der Waals surface area contributed by atoms with Crippen molar-refractivity contribution in [3.63, 3.8) is 0 Å². The van der Waals surface area contributed by atoms with E-state index in [0.29, 0.717) is 39.5 Å². The van der Waals surface area contributed by atoms with Crippen LogP contribution < -0.4 is 5.73 Å². The van der Waals surface area contributed by atoms with E-state index in [4.69, 9.17) is 30.0 Å². The van der Waals surface area contributed by atoms with E-state index in [0.717, 1.165) is 12.8 Å². The maximum absolute atomic E-state index is 11.5. The quantitative estimate of drug-likeness (QED) is 0.169. The van der Waals surface area contributed by atoms with E-state index in [9.17, 15) is 4.79 Å². The van der Waals surface area contributed by atoms with Crippen molar-refractivity contribution in [1.29, 1.82) is 5.26 Å². The predicted octanol–water partition coefficient (Wildman–Crippen LogP) is -0.400. The smallest absolute Gasteiger partial charge is 0.461 e. The lowest BCUT2D eigenvalue weighted by Crippen LogP contribution is -2.35. The number of morpholine rings is 1. The number of carbonyl (C=O) groups excluding carboxylic acids is 1. The van der Waals surface area contributed by atoms with Gasteiger partial charge in [-0.05, 0) is 26.3 Å². The van der Waals surface area contributed by atoms with Gasteiger partial charge in [0.05, 0.1) is 13.2 Å². The van der Waals surface area contributed by atoms with Crippen molar-refractivity contribution in [2.75, 3.05) is 46.1 Å². The van der Waals surface area contributed by atoms with Crippen LogP contribution in [-0.4, -0.2) is 68.4 Å². The van der Waals surface area contributed by atoms with Crippen LogP contribution in [0.1, 0.15) is 19.8 Å². The Balaban J connectivity index is 2.75. The van der Waals surface area contributed by atoms with Crippen LogP contribution in [0.25, 0.3) is 0 Å². The number of hydrogen-bond acceptors (Lipinski definition) is 8. The van der Waals surface area contributed by atoms with Gasteiger partial charge in [-0.1, -0.05) is 5.16 Å². The number of carbonyl (C=O) groups is 1. The zero-order valence-corrected chi connectivity index (χ0v) is 13.3. The molecule has 0 radical (unpaired) electrons. The van der Waals surface area contributed by atoms with Crippen molar-refractivity contribution in [1.82, 2.24) is 0 Å². The van der Waals surface area contributed by atoms with Crippen LogP contribution >= 0.6 is 0 Å². The molecule has 1 aliphatic heterocycles. The molecule has 1 rings (SSSR count). The lowest BCUT2D eigenvalue weighted by Gasteiger charge is -2.12. The van der Waals surface area contributed by atoms with Crippen molar-refractivity contribution in [3.8, 4) is 6.07 Å². The molecule has 9 heteroatoms. The summed E-state index contributed by atoms with van der Waals surface area (Å²) in [5.41, 5.74) is 4.97. The molecule has 1 aliphatic rings. The van der Waals surface area contributed by atoms with E-state index >= 15 is 0 Å². The van der Waals surface area contributed by atoms with Gasteiger partial charge in [0.15, 0.2) is 13.1 Å². The summed E-state index contributed by atoms with van der Waals surface area (Å²) in [5.74, 6) is -0.834. The van der Waals surface area contributed by atoms with Crippen molar-refractivity contribution in [2.45, 2.75) is 19.8 Å². The zero-order valence-electron chi connectivity index (χ0n) is 13.3. The SMILES string of the molecule is CCOC(=O)/C(C#N)=N/OC(OCCCCN)=[N+]1CCOCC1. The van der Waals surface area contributed by atoms with Gasteiger partial charge in [-0.3, -0.25) is 4.84 Å². The van der Waals surface area contributed by atoms with E-state index in [1.54, 1.807) is 17.6 Å². The lowest BCUT2D eigenvalue weighted by molar-refractivity contribution is -0.565. The maximum atomic E-state index is 11.5. The second-order valence-corrected chi connectivity index (χ2v) is 4.57. The van der Waals surface area contributed by atoms with E-state index in [2.05, 4.69) is 5.16 Å². The Morgan fingerprint density at radius 2 is 2.09 bits per heavy atom. The minimum atomic E-state index is -0.834. The number of oxime groups is 1. The molecule has 0 amide bonds. The van der Waals surface area contributed by atoms with Crippen LogP contribution in [0.5, 0.6) is 0 Å². The minimum absolute atomic E-state index is 0.141. The molecule has 0 atom stereocenters. The van der Waals surface area contributed by atoms with Crippen molar-refractivity contribution < 1.29 is 28.4 Å². The average Bonchev–Trinajstić information content (AvgIpc) is 2.58. The highest BCUT2D eigenvalue weighted by molar-refractivity contribution is 6.42. The van der Waals surface area contributed by atoms with E-state index < -0.39 is 11.7 Å². The lowest BCUT2D eigenvalue weighted by atomic mass is 10.3. The van der Waals surface area contributed by atoms with E-state index in [1.807, 2.05) is 0 Å². The largest absolute Gasteiger partial charge is 0.576 e. The van der Waals surface area contributed by atoms with Gasteiger partial charge in [0.25, 0.3) is 5.71 Å². The van der Waals surface area contributed by atoms with Crippen LogP contribution in [-0.2, 0) is 23.8 Å². The third-order valence-corrected chi connectivity index (χ3v) is 2.88. The van der Waals surface area contributed by atoms with Crippen molar-refractivity contribution >= 4 is 17.8 Å². The Morgan fingerprint density at radius 3 is 2.70 bits per heavy atom. The molecule has 23 heavy (non-hydrogen) atoms. The molecule has 1 heterocycles. The minimum Gasteiger partial charge on any atom is -0.461 e. The molecule has 0 aromatic rings. The molecule has 1 saturated heterocycles. The summed E-state index contributed by atoms with van der Waals surface area (Å²) in [6, 6.07) is 1.64. The first kappa shape index (κ1) is 18.9. The van der Waals surface area contributed by atoms with Gasteiger partial charge in [0, 0.05) is 0 Å². The van der Waals surface area contributed by atoms with Gasteiger partial charge in [-0.15, -0.1) is 0 Å². The summed E-state index contributed by atoms with van der Waals surface area (Å²) < 4.78 is 17.3. The fraction of sp³-hybridized carbons (Fsp3) is 0.714. The molecule has 0 bridgehead atoms. The van der Waals surface area contributed by atoms with E-state index in [1.165, 1.54) is 0 Å². The van der Waals surface area contributed by atoms with Gasteiger partial charge in [0.2, 0.25) is 0 Å². The number of esters is 1. The molecule has 0 spiro atoms. The molecule has 9 nitrogen and oxygen atoms in total. The highest BCUT2D eigenvalue weighted by atomic mass is 16.8. The Morgan fingerprint density at radius 1 is 1.35 bits per heavy atom. The standard InChI is InChI=1S/C14H23N4O5/c1-2-21-13(19)12(11-16)17-23-14(22-8-4-3-5-15)18-6-9-20-10-7-18/h2-10,15H2,1H3/q+1/b17-12+. The van der Waals surface area contributed by atoms with Gasteiger partial charge < -0.3 is 19.9 Å². The zero-order chi connectivity index (χ0) is 16.9. The van der Waals surface area contributed by atoms with Gasteiger partial charge in [-0.2, -0.15) is 9.84 Å². The topological polar surface area (TPSA) is 119 Å². The van der Waals surface area contributed by atoms with Gasteiger partial charge >= 0.3 is 12.1 Å². The third kappa shape index (κ3) is 7.08. The maximum Gasteiger partial charge on any atom is 0.576 e. The van der Waals surface area contributed by atoms with Crippen molar-refractivity contribution in [2.24, 2.45) is 10.9 Å². The molecule has 1 fully saturated rings.